The van der Waals surface area contributed by atoms with Crippen LogP contribution in [0.1, 0.15) is 33.6 Å². The fraction of sp³-hybridized carbons (Fsp3) is 0.636. The lowest BCUT2D eigenvalue weighted by molar-refractivity contribution is -0.157. The molecule has 0 aromatic rings. The molecule has 0 saturated heterocycles. The number of esters is 1. The van der Waals surface area contributed by atoms with Gasteiger partial charge in [-0.15, -0.1) is 6.58 Å². The Morgan fingerprint density at radius 3 is 2.44 bits per heavy atom. The van der Waals surface area contributed by atoms with E-state index >= 15 is 0 Å². The van der Waals surface area contributed by atoms with Gasteiger partial charge in [0.1, 0.15) is 5.60 Å². The van der Waals surface area contributed by atoms with Gasteiger partial charge in [-0.05, 0) is 27.2 Å². The van der Waals surface area contributed by atoms with Gasteiger partial charge in [0.15, 0.2) is 0 Å². The lowest BCUT2D eigenvalue weighted by atomic mass is 10.0. The van der Waals surface area contributed by atoms with Crippen LogP contribution in [-0.4, -0.2) is 17.5 Å². The van der Waals surface area contributed by atoms with E-state index < -0.39 is 17.5 Å². The second kappa shape index (κ2) is 6.27. The van der Waals surface area contributed by atoms with Crippen molar-refractivity contribution in [3.63, 3.8) is 0 Å². The lowest BCUT2D eigenvalue weighted by Gasteiger charge is -2.21. The zero-order valence-electron chi connectivity index (χ0n) is 10.1. The van der Waals surface area contributed by atoms with Gasteiger partial charge in [-0.2, -0.15) is 0 Å². The van der Waals surface area contributed by atoms with Crippen LogP contribution in [0.2, 0.25) is 0 Å². The Labute approximate surface area is 96.0 Å². The minimum atomic E-state index is -0.547. The van der Waals surface area contributed by atoms with Crippen molar-refractivity contribution in [2.24, 2.45) is 11.8 Å². The number of hydrogen-bond acceptors (Lipinski definition) is 4. The second-order valence-corrected chi connectivity index (χ2v) is 4.52. The molecule has 0 aromatic carbocycles. The van der Waals surface area contributed by atoms with Crippen LogP contribution < -0.4 is 11.3 Å². The van der Waals surface area contributed by atoms with Crippen LogP contribution >= 0.6 is 0 Å². The standard InChI is InChI=1S/C11H20N2O3/c1-5-6-8(10(15)13-12)7-9(14)16-11(2,3)4/h5,8H,1,6-7,12H2,2-4H3,(H,13,15). The van der Waals surface area contributed by atoms with Crippen LogP contribution in [0.15, 0.2) is 12.7 Å². The topological polar surface area (TPSA) is 81.4 Å². The Hall–Kier alpha value is -1.36. The molecule has 0 bridgehead atoms. The first-order valence-electron chi connectivity index (χ1n) is 5.13. The summed E-state index contributed by atoms with van der Waals surface area (Å²) < 4.78 is 5.12. The first kappa shape index (κ1) is 14.6. The highest BCUT2D eigenvalue weighted by Gasteiger charge is 2.23. The number of hydrogen-bond donors (Lipinski definition) is 2. The summed E-state index contributed by atoms with van der Waals surface area (Å²) in [6, 6.07) is 0. The number of ether oxygens (including phenoxy) is 1. The SMILES string of the molecule is C=CCC(CC(=O)OC(C)(C)C)C(=O)NN. The van der Waals surface area contributed by atoms with E-state index in [0.717, 1.165) is 0 Å². The highest BCUT2D eigenvalue weighted by atomic mass is 16.6. The van der Waals surface area contributed by atoms with Gasteiger partial charge in [0.25, 0.3) is 0 Å². The normalized spacial score (nSPS) is 12.8. The van der Waals surface area contributed by atoms with Gasteiger partial charge in [0.2, 0.25) is 5.91 Å². The van der Waals surface area contributed by atoms with Gasteiger partial charge >= 0.3 is 5.97 Å². The molecule has 92 valence electrons. The Morgan fingerprint density at radius 2 is 2.06 bits per heavy atom. The average Bonchev–Trinajstić information content (AvgIpc) is 2.13. The summed E-state index contributed by atoms with van der Waals surface area (Å²) in [5.74, 6) is 3.71. The third kappa shape index (κ3) is 6.19. The highest BCUT2D eigenvalue weighted by molar-refractivity contribution is 5.83. The maximum Gasteiger partial charge on any atom is 0.307 e. The molecule has 1 atom stereocenters. The fourth-order valence-electron chi connectivity index (χ4n) is 1.19. The van der Waals surface area contributed by atoms with Gasteiger partial charge in [-0.3, -0.25) is 15.0 Å². The molecule has 0 radical (unpaired) electrons. The fourth-order valence-corrected chi connectivity index (χ4v) is 1.19. The molecule has 0 aliphatic rings. The van der Waals surface area contributed by atoms with Gasteiger partial charge in [-0.25, -0.2) is 5.84 Å². The lowest BCUT2D eigenvalue weighted by Crippen LogP contribution is -2.37. The molecule has 0 aliphatic carbocycles. The summed E-state index contributed by atoms with van der Waals surface area (Å²) >= 11 is 0. The van der Waals surface area contributed by atoms with Crippen LogP contribution in [0.4, 0.5) is 0 Å². The zero-order chi connectivity index (χ0) is 12.8. The van der Waals surface area contributed by atoms with Crippen LogP contribution in [0.3, 0.4) is 0 Å². The van der Waals surface area contributed by atoms with Crippen molar-refractivity contribution in [2.75, 3.05) is 0 Å². The van der Waals surface area contributed by atoms with E-state index in [9.17, 15) is 9.59 Å². The smallest absolute Gasteiger partial charge is 0.307 e. The zero-order valence-corrected chi connectivity index (χ0v) is 10.1. The molecule has 0 aliphatic heterocycles. The van der Waals surface area contributed by atoms with Crippen molar-refractivity contribution in [3.8, 4) is 0 Å². The van der Waals surface area contributed by atoms with Crippen molar-refractivity contribution < 1.29 is 14.3 Å². The summed E-state index contributed by atoms with van der Waals surface area (Å²) in [4.78, 5) is 22.8. The van der Waals surface area contributed by atoms with Gasteiger partial charge in [-0.1, -0.05) is 6.08 Å². The third-order valence-corrected chi connectivity index (χ3v) is 1.80. The van der Waals surface area contributed by atoms with Crippen molar-refractivity contribution in [3.05, 3.63) is 12.7 Å². The third-order valence-electron chi connectivity index (χ3n) is 1.80. The van der Waals surface area contributed by atoms with E-state index in [4.69, 9.17) is 10.6 Å². The van der Waals surface area contributed by atoms with Crippen molar-refractivity contribution >= 4 is 11.9 Å². The molecular weight excluding hydrogens is 208 g/mol. The van der Waals surface area contributed by atoms with Crippen LogP contribution in [0, 0.1) is 5.92 Å². The van der Waals surface area contributed by atoms with E-state index in [1.807, 2.05) is 5.43 Å². The predicted molar refractivity (Wildman–Crippen MR) is 61.1 cm³/mol. The molecule has 1 unspecified atom stereocenters. The van der Waals surface area contributed by atoms with E-state index in [2.05, 4.69) is 6.58 Å². The predicted octanol–water partition coefficient (Wildman–Crippen LogP) is 0.900. The number of allylic oxidation sites excluding steroid dienone is 1. The Balaban J connectivity index is 4.34. The number of rotatable bonds is 5. The molecule has 3 N–H and O–H groups in total. The quantitative estimate of drug-likeness (QED) is 0.241. The molecule has 0 fully saturated rings. The molecule has 0 aromatic heterocycles. The highest BCUT2D eigenvalue weighted by Crippen LogP contribution is 2.14. The molecule has 0 saturated carbocycles. The molecule has 0 heterocycles. The number of nitrogens with two attached hydrogens (primary N) is 1. The molecule has 16 heavy (non-hydrogen) atoms. The van der Waals surface area contributed by atoms with E-state index in [1.54, 1.807) is 26.8 Å². The van der Waals surface area contributed by atoms with Crippen LogP contribution in [0.25, 0.3) is 0 Å². The largest absolute Gasteiger partial charge is 0.460 e. The summed E-state index contributed by atoms with van der Waals surface area (Å²) in [7, 11) is 0. The van der Waals surface area contributed by atoms with Crippen LogP contribution in [-0.2, 0) is 14.3 Å². The van der Waals surface area contributed by atoms with E-state index in [1.165, 1.54) is 0 Å². The maximum absolute atomic E-state index is 11.5. The summed E-state index contributed by atoms with van der Waals surface area (Å²) in [6.07, 6.45) is 1.97. The minimum Gasteiger partial charge on any atom is -0.460 e. The summed E-state index contributed by atoms with van der Waals surface area (Å²) in [5.41, 5.74) is 1.48. The van der Waals surface area contributed by atoms with Crippen molar-refractivity contribution in [2.45, 2.75) is 39.2 Å². The average molecular weight is 228 g/mol. The number of hydrazine groups is 1. The van der Waals surface area contributed by atoms with Crippen LogP contribution in [0.5, 0.6) is 0 Å². The summed E-state index contributed by atoms with van der Waals surface area (Å²) in [5, 5.41) is 0. The molecule has 1 amide bonds. The Bertz CT molecular complexity index is 269. The Kier molecular flexibility index (Phi) is 5.74. The first-order valence-corrected chi connectivity index (χ1v) is 5.13. The molecular formula is C11H20N2O3. The van der Waals surface area contributed by atoms with Crippen molar-refractivity contribution in [1.82, 2.24) is 5.43 Å². The van der Waals surface area contributed by atoms with Gasteiger partial charge in [0.05, 0.1) is 12.3 Å². The molecule has 0 spiro atoms. The second-order valence-electron chi connectivity index (χ2n) is 4.52. The van der Waals surface area contributed by atoms with E-state index in [-0.39, 0.29) is 12.3 Å². The maximum atomic E-state index is 11.5. The van der Waals surface area contributed by atoms with E-state index in [0.29, 0.717) is 6.42 Å². The summed E-state index contributed by atoms with van der Waals surface area (Å²) in [6.45, 7) is 8.85. The number of nitrogens with one attached hydrogen (secondary N) is 1. The minimum absolute atomic E-state index is 0.00627. The number of carbonyl (C=O) groups is 2. The monoisotopic (exact) mass is 228 g/mol. The molecule has 5 nitrogen and oxygen atoms in total. The first-order chi connectivity index (χ1) is 7.30. The van der Waals surface area contributed by atoms with Gasteiger partial charge in [0, 0.05) is 0 Å². The Morgan fingerprint density at radius 1 is 1.50 bits per heavy atom. The van der Waals surface area contributed by atoms with Gasteiger partial charge < -0.3 is 4.74 Å². The molecule has 5 heteroatoms. The molecule has 0 rings (SSSR count). The number of amides is 1. The van der Waals surface area contributed by atoms with Crippen molar-refractivity contribution in [1.29, 1.82) is 0 Å². The number of carbonyl (C=O) groups excluding carboxylic acids is 2.